The molecule has 2 heterocycles. The minimum absolute atomic E-state index is 0.142. The Labute approximate surface area is 182 Å². The van der Waals surface area contributed by atoms with Crippen molar-refractivity contribution in [2.24, 2.45) is 0 Å². The number of ether oxygens (including phenoxy) is 1. The van der Waals surface area contributed by atoms with Crippen molar-refractivity contribution in [2.45, 2.75) is 37.8 Å². The maximum Gasteiger partial charge on any atom is 0.280 e. The largest absolute Gasteiger partial charge is 0.497 e. The molecule has 0 radical (unpaired) electrons. The van der Waals surface area contributed by atoms with E-state index < -0.39 is 6.04 Å². The van der Waals surface area contributed by atoms with Crippen LogP contribution in [0.15, 0.2) is 47.2 Å². The molecule has 156 valence electrons. The Morgan fingerprint density at radius 3 is 2.73 bits per heavy atom. The molecule has 30 heavy (non-hydrogen) atoms. The summed E-state index contributed by atoms with van der Waals surface area (Å²) in [6.45, 7) is 0. The second kappa shape index (κ2) is 9.36. The molecule has 2 amide bonds. The van der Waals surface area contributed by atoms with Gasteiger partial charge < -0.3 is 10.1 Å². The van der Waals surface area contributed by atoms with E-state index in [1.807, 2.05) is 17.5 Å². The first kappa shape index (κ1) is 20.5. The molecule has 9 heteroatoms. The molecular weight excluding hydrogens is 420 g/mol. The van der Waals surface area contributed by atoms with Crippen LogP contribution in [0.5, 0.6) is 5.75 Å². The first-order valence-corrected chi connectivity index (χ1v) is 11.5. The summed E-state index contributed by atoms with van der Waals surface area (Å²) in [5, 5.41) is 10.6. The van der Waals surface area contributed by atoms with Crippen LogP contribution in [0, 0.1) is 0 Å². The summed E-state index contributed by atoms with van der Waals surface area (Å²) in [7, 11) is 1.57. The number of amides is 2. The van der Waals surface area contributed by atoms with Crippen LogP contribution in [0.2, 0.25) is 0 Å². The van der Waals surface area contributed by atoms with E-state index in [0.29, 0.717) is 11.4 Å². The highest BCUT2D eigenvalue weighted by Crippen LogP contribution is 2.34. The Kier molecular flexibility index (Phi) is 6.39. The standard InChI is InChI=1S/C21H22N4O3S2/c1-28-16-9-4-8-15(12-16)25(21(27)17-13-30-24-23-17)19(18-10-5-11-29-18)20(26)22-14-6-2-3-7-14/h4-5,8-14,19H,2-3,6-7H2,1H3,(H,22,26)/t19-/m1/s1. The fourth-order valence-corrected chi connectivity index (χ4v) is 4.94. The van der Waals surface area contributed by atoms with Crippen LogP contribution in [0.25, 0.3) is 0 Å². The molecule has 1 fully saturated rings. The summed E-state index contributed by atoms with van der Waals surface area (Å²) < 4.78 is 9.18. The number of methoxy groups -OCH3 is 1. The average Bonchev–Trinajstić information content (AvgIpc) is 3.55. The van der Waals surface area contributed by atoms with Gasteiger partial charge in [-0.1, -0.05) is 29.5 Å². The van der Waals surface area contributed by atoms with Crippen molar-refractivity contribution in [1.29, 1.82) is 0 Å². The number of carbonyl (C=O) groups is 2. The van der Waals surface area contributed by atoms with E-state index in [2.05, 4.69) is 14.9 Å². The van der Waals surface area contributed by atoms with E-state index in [-0.39, 0.29) is 23.6 Å². The second-order valence-corrected chi connectivity index (χ2v) is 8.66. The number of hydrogen-bond acceptors (Lipinski definition) is 7. The van der Waals surface area contributed by atoms with Crippen molar-refractivity contribution in [2.75, 3.05) is 12.0 Å². The van der Waals surface area contributed by atoms with Gasteiger partial charge in [-0.25, -0.2) is 0 Å². The zero-order valence-electron chi connectivity index (χ0n) is 16.5. The molecule has 2 aromatic heterocycles. The van der Waals surface area contributed by atoms with Gasteiger partial charge in [-0.05, 0) is 48.0 Å². The van der Waals surface area contributed by atoms with E-state index in [4.69, 9.17) is 4.74 Å². The molecule has 1 aromatic carbocycles. The molecule has 1 atom stereocenters. The number of carbonyl (C=O) groups excluding carboxylic acids is 2. The van der Waals surface area contributed by atoms with Crippen LogP contribution in [0.3, 0.4) is 0 Å². The topological polar surface area (TPSA) is 84.4 Å². The summed E-state index contributed by atoms with van der Waals surface area (Å²) in [5.74, 6) is 0.0310. The fourth-order valence-electron chi connectivity index (χ4n) is 3.70. The van der Waals surface area contributed by atoms with Gasteiger partial charge in [-0.2, -0.15) is 0 Å². The summed E-state index contributed by atoms with van der Waals surface area (Å²) in [6, 6.07) is 10.2. The van der Waals surface area contributed by atoms with Crippen LogP contribution < -0.4 is 15.0 Å². The predicted molar refractivity (Wildman–Crippen MR) is 117 cm³/mol. The molecule has 7 nitrogen and oxygen atoms in total. The summed E-state index contributed by atoms with van der Waals surface area (Å²) in [6.07, 6.45) is 4.15. The quantitative estimate of drug-likeness (QED) is 0.597. The van der Waals surface area contributed by atoms with Gasteiger partial charge in [-0.15, -0.1) is 16.4 Å². The molecule has 1 N–H and O–H groups in total. The predicted octanol–water partition coefficient (Wildman–Crippen LogP) is 4.06. The highest BCUT2D eigenvalue weighted by atomic mass is 32.1. The number of benzene rings is 1. The summed E-state index contributed by atoms with van der Waals surface area (Å²) >= 11 is 2.55. The smallest absolute Gasteiger partial charge is 0.280 e. The third-order valence-corrected chi connectivity index (χ3v) is 6.58. The zero-order chi connectivity index (χ0) is 20.9. The lowest BCUT2D eigenvalue weighted by Crippen LogP contribution is -2.46. The van der Waals surface area contributed by atoms with Crippen LogP contribution in [-0.2, 0) is 4.79 Å². The molecular formula is C21H22N4O3S2. The van der Waals surface area contributed by atoms with Crippen LogP contribution in [-0.4, -0.2) is 34.6 Å². The molecule has 0 aliphatic heterocycles. The van der Waals surface area contributed by atoms with Gasteiger partial charge in [-0.3, -0.25) is 14.5 Å². The lowest BCUT2D eigenvalue weighted by molar-refractivity contribution is -0.123. The minimum Gasteiger partial charge on any atom is -0.497 e. The molecule has 1 saturated carbocycles. The van der Waals surface area contributed by atoms with Crippen LogP contribution in [0.1, 0.15) is 47.1 Å². The average molecular weight is 443 g/mol. The zero-order valence-corrected chi connectivity index (χ0v) is 18.1. The van der Waals surface area contributed by atoms with Crippen molar-refractivity contribution >= 4 is 40.4 Å². The van der Waals surface area contributed by atoms with Gasteiger partial charge in [0.1, 0.15) is 5.75 Å². The highest BCUT2D eigenvalue weighted by Gasteiger charge is 2.36. The van der Waals surface area contributed by atoms with Crippen molar-refractivity contribution in [1.82, 2.24) is 14.9 Å². The molecule has 0 bridgehead atoms. The monoisotopic (exact) mass is 442 g/mol. The van der Waals surface area contributed by atoms with E-state index in [1.54, 1.807) is 36.8 Å². The van der Waals surface area contributed by atoms with Crippen LogP contribution >= 0.6 is 22.9 Å². The fraction of sp³-hybridized carbons (Fsp3) is 0.333. The Hall–Kier alpha value is -2.78. The van der Waals surface area contributed by atoms with Gasteiger partial charge in [0, 0.05) is 28.1 Å². The molecule has 1 aliphatic rings. The first-order chi connectivity index (χ1) is 14.7. The van der Waals surface area contributed by atoms with Gasteiger partial charge in [0.05, 0.1) is 7.11 Å². The third kappa shape index (κ3) is 4.36. The SMILES string of the molecule is COc1cccc(N(C(=O)c2csnn2)[C@@H](C(=O)NC2CCCC2)c2cccs2)c1. The lowest BCUT2D eigenvalue weighted by atomic mass is 10.1. The number of hydrogen-bond donors (Lipinski definition) is 1. The van der Waals surface area contributed by atoms with E-state index in [0.717, 1.165) is 42.1 Å². The highest BCUT2D eigenvalue weighted by molar-refractivity contribution is 7.10. The van der Waals surface area contributed by atoms with Crippen molar-refractivity contribution in [3.05, 3.63) is 57.7 Å². The Bertz CT molecular complexity index is 986. The number of nitrogens with zero attached hydrogens (tertiary/aromatic N) is 3. The maximum atomic E-state index is 13.5. The number of thiophene rings is 1. The summed E-state index contributed by atoms with van der Waals surface area (Å²) in [5.41, 5.74) is 0.769. The number of aromatic nitrogens is 2. The van der Waals surface area contributed by atoms with Gasteiger partial charge in [0.25, 0.3) is 5.91 Å². The van der Waals surface area contributed by atoms with E-state index in [9.17, 15) is 9.59 Å². The van der Waals surface area contributed by atoms with Crippen molar-refractivity contribution in [3.8, 4) is 5.75 Å². The van der Waals surface area contributed by atoms with Crippen LogP contribution in [0.4, 0.5) is 5.69 Å². The van der Waals surface area contributed by atoms with E-state index >= 15 is 0 Å². The third-order valence-electron chi connectivity index (χ3n) is 5.15. The Morgan fingerprint density at radius 2 is 2.07 bits per heavy atom. The normalized spacial score (nSPS) is 15.0. The molecule has 1 aliphatic carbocycles. The molecule has 0 unspecified atom stereocenters. The lowest BCUT2D eigenvalue weighted by Gasteiger charge is -2.31. The molecule has 3 aromatic rings. The number of rotatable bonds is 7. The number of anilines is 1. The summed E-state index contributed by atoms with van der Waals surface area (Å²) in [4.78, 5) is 29.3. The number of nitrogens with one attached hydrogen (secondary N) is 1. The molecule has 4 rings (SSSR count). The Morgan fingerprint density at radius 1 is 1.23 bits per heavy atom. The second-order valence-electron chi connectivity index (χ2n) is 7.07. The van der Waals surface area contributed by atoms with Gasteiger partial charge in [0.15, 0.2) is 11.7 Å². The van der Waals surface area contributed by atoms with Gasteiger partial charge >= 0.3 is 0 Å². The van der Waals surface area contributed by atoms with Crippen molar-refractivity contribution in [3.63, 3.8) is 0 Å². The van der Waals surface area contributed by atoms with Gasteiger partial charge in [0.2, 0.25) is 5.91 Å². The molecule has 0 saturated heterocycles. The van der Waals surface area contributed by atoms with E-state index in [1.165, 1.54) is 16.2 Å². The maximum absolute atomic E-state index is 13.5. The minimum atomic E-state index is -0.813. The molecule has 0 spiro atoms. The Balaban J connectivity index is 1.77. The van der Waals surface area contributed by atoms with Crippen molar-refractivity contribution < 1.29 is 14.3 Å². The first-order valence-electron chi connectivity index (χ1n) is 9.76.